The maximum Gasteiger partial charge on any atom is 0.249 e. The lowest BCUT2D eigenvalue weighted by Gasteiger charge is -2.21. The predicted octanol–water partition coefficient (Wildman–Crippen LogP) is 6.64. The third-order valence-electron chi connectivity index (χ3n) is 7.07. The lowest BCUT2D eigenvalue weighted by atomic mass is 10.1. The highest BCUT2D eigenvalue weighted by atomic mass is 16.5. The summed E-state index contributed by atoms with van der Waals surface area (Å²) in [5.74, 6) is 1.23. The molecule has 1 aromatic carbocycles. The van der Waals surface area contributed by atoms with Crippen molar-refractivity contribution in [1.82, 2.24) is 19.6 Å². The third kappa shape index (κ3) is 5.80. The molecular formula is C27H40N6O. The van der Waals surface area contributed by atoms with Crippen LogP contribution < -0.4 is 5.73 Å². The van der Waals surface area contributed by atoms with Gasteiger partial charge in [-0.1, -0.05) is 88.1 Å². The Morgan fingerprint density at radius 2 is 1.76 bits per heavy atom. The van der Waals surface area contributed by atoms with E-state index in [0.29, 0.717) is 11.7 Å². The van der Waals surface area contributed by atoms with Gasteiger partial charge in [-0.2, -0.15) is 4.98 Å². The van der Waals surface area contributed by atoms with Gasteiger partial charge >= 0.3 is 0 Å². The number of guanidine groups is 1. The van der Waals surface area contributed by atoms with Crippen molar-refractivity contribution in [3.63, 3.8) is 0 Å². The summed E-state index contributed by atoms with van der Waals surface area (Å²) < 4.78 is 7.98. The first-order valence-corrected chi connectivity index (χ1v) is 13.2. The predicted molar refractivity (Wildman–Crippen MR) is 138 cm³/mol. The first-order valence-electron chi connectivity index (χ1n) is 13.2. The molecule has 2 aromatic heterocycles. The second-order valence-electron chi connectivity index (χ2n) is 9.63. The monoisotopic (exact) mass is 464 g/mol. The number of rotatable bonds is 13. The molecule has 34 heavy (non-hydrogen) atoms. The van der Waals surface area contributed by atoms with Crippen LogP contribution in [0.2, 0.25) is 0 Å². The Balaban J connectivity index is 1.35. The molecule has 0 unspecified atom stereocenters. The molecule has 1 atom stereocenters. The standard InChI is InChI=1S/C27H40N6O/c1-2-3-4-5-6-7-8-9-10-13-18-32-20-22(21-15-11-12-16-23(21)32)25-30-26(34-31-25)24-17-14-19-33(24)27(28)29/h11-12,15-16,20,24H,2-10,13-14,17-19H2,1H3,(H3,28,29)/t24-/m0/s1. The van der Waals surface area contributed by atoms with Crippen molar-refractivity contribution in [2.75, 3.05) is 6.54 Å². The van der Waals surface area contributed by atoms with Gasteiger partial charge in [0.05, 0.1) is 0 Å². The fourth-order valence-corrected chi connectivity index (χ4v) is 5.17. The minimum atomic E-state index is -0.0984. The van der Waals surface area contributed by atoms with Crippen LogP contribution in [0.15, 0.2) is 35.0 Å². The second kappa shape index (κ2) is 12.0. The Labute approximate surface area is 203 Å². The van der Waals surface area contributed by atoms with Gasteiger partial charge in [0.25, 0.3) is 0 Å². The number of unbranched alkanes of at least 4 members (excludes halogenated alkanes) is 9. The molecule has 0 radical (unpaired) electrons. The number of benzene rings is 1. The average Bonchev–Trinajstić information content (AvgIpc) is 3.58. The van der Waals surface area contributed by atoms with E-state index in [4.69, 9.17) is 20.7 Å². The average molecular weight is 465 g/mol. The van der Waals surface area contributed by atoms with Crippen LogP contribution in [0.5, 0.6) is 0 Å². The summed E-state index contributed by atoms with van der Waals surface area (Å²) in [6, 6.07) is 8.36. The van der Waals surface area contributed by atoms with Crippen LogP contribution >= 0.6 is 0 Å². The van der Waals surface area contributed by atoms with E-state index in [-0.39, 0.29) is 12.0 Å². The Kier molecular flexibility index (Phi) is 8.61. The summed E-state index contributed by atoms with van der Waals surface area (Å²) in [6.07, 6.45) is 17.4. The summed E-state index contributed by atoms with van der Waals surface area (Å²) in [5, 5.41) is 13.3. The lowest BCUT2D eigenvalue weighted by Crippen LogP contribution is -2.35. The normalized spacial score (nSPS) is 16.0. The molecule has 1 fully saturated rings. The van der Waals surface area contributed by atoms with Crippen molar-refractivity contribution < 1.29 is 4.52 Å². The van der Waals surface area contributed by atoms with E-state index >= 15 is 0 Å². The minimum absolute atomic E-state index is 0.0651. The van der Waals surface area contributed by atoms with E-state index in [9.17, 15) is 0 Å². The SMILES string of the molecule is CCCCCCCCCCCCn1cc(-c2noc([C@@H]3CCCN3C(=N)N)n2)c2ccccc21. The third-order valence-corrected chi connectivity index (χ3v) is 7.07. The van der Waals surface area contributed by atoms with E-state index in [1.807, 2.05) is 4.90 Å². The molecule has 0 spiro atoms. The van der Waals surface area contributed by atoms with Crippen LogP contribution in [0.3, 0.4) is 0 Å². The number of hydrogen-bond donors (Lipinski definition) is 2. The Bertz CT molecular complexity index is 1050. The number of para-hydroxylation sites is 1. The smallest absolute Gasteiger partial charge is 0.249 e. The molecular weight excluding hydrogens is 424 g/mol. The highest BCUT2D eigenvalue weighted by Crippen LogP contribution is 2.34. The van der Waals surface area contributed by atoms with Gasteiger partial charge in [0.15, 0.2) is 5.96 Å². The minimum Gasteiger partial charge on any atom is -0.370 e. The van der Waals surface area contributed by atoms with Gasteiger partial charge < -0.3 is 19.7 Å². The molecule has 0 aliphatic carbocycles. The maximum atomic E-state index is 7.82. The van der Waals surface area contributed by atoms with Crippen molar-refractivity contribution in [1.29, 1.82) is 5.41 Å². The largest absolute Gasteiger partial charge is 0.370 e. The zero-order valence-corrected chi connectivity index (χ0v) is 20.6. The molecule has 0 amide bonds. The molecule has 184 valence electrons. The number of fused-ring (bicyclic) bond motifs is 1. The van der Waals surface area contributed by atoms with Gasteiger partial charge in [0, 0.05) is 35.8 Å². The molecule has 3 aromatic rings. The topological polar surface area (TPSA) is 97.0 Å². The van der Waals surface area contributed by atoms with Crippen LogP contribution in [0, 0.1) is 5.41 Å². The molecule has 1 aliphatic heterocycles. The Morgan fingerprint density at radius 3 is 2.50 bits per heavy atom. The summed E-state index contributed by atoms with van der Waals surface area (Å²) in [5.41, 5.74) is 7.96. The quantitative estimate of drug-likeness (QED) is 0.168. The van der Waals surface area contributed by atoms with E-state index in [0.717, 1.165) is 36.9 Å². The second-order valence-corrected chi connectivity index (χ2v) is 9.63. The van der Waals surface area contributed by atoms with Crippen molar-refractivity contribution in [3.8, 4) is 11.4 Å². The molecule has 1 saturated heterocycles. The van der Waals surface area contributed by atoms with Crippen molar-refractivity contribution >= 4 is 16.9 Å². The molecule has 3 N–H and O–H groups in total. The number of nitrogens with two attached hydrogens (primary N) is 1. The number of aromatic nitrogens is 3. The molecule has 7 heteroatoms. The first kappa shape index (κ1) is 24.3. The van der Waals surface area contributed by atoms with Crippen LogP contribution in [0.25, 0.3) is 22.3 Å². The fourth-order valence-electron chi connectivity index (χ4n) is 5.17. The number of likely N-dealkylation sites (tertiary alicyclic amines) is 1. The molecule has 0 saturated carbocycles. The van der Waals surface area contributed by atoms with Crippen LogP contribution in [-0.2, 0) is 6.54 Å². The lowest BCUT2D eigenvalue weighted by molar-refractivity contribution is 0.283. The van der Waals surface area contributed by atoms with Crippen LogP contribution in [0.4, 0.5) is 0 Å². The van der Waals surface area contributed by atoms with Crippen molar-refractivity contribution in [3.05, 3.63) is 36.4 Å². The van der Waals surface area contributed by atoms with Gasteiger partial charge in [0.1, 0.15) is 6.04 Å². The van der Waals surface area contributed by atoms with E-state index < -0.39 is 0 Å². The fraction of sp³-hybridized carbons (Fsp3) is 0.593. The van der Waals surface area contributed by atoms with E-state index in [1.54, 1.807) is 0 Å². The Hall–Kier alpha value is -2.83. The summed E-state index contributed by atoms with van der Waals surface area (Å²) >= 11 is 0. The zero-order valence-electron chi connectivity index (χ0n) is 20.6. The van der Waals surface area contributed by atoms with Gasteiger partial charge in [-0.05, 0) is 25.3 Å². The zero-order chi connectivity index (χ0) is 23.8. The number of aryl methyl sites for hydroxylation is 1. The summed E-state index contributed by atoms with van der Waals surface area (Å²) in [4.78, 5) is 6.57. The number of nitrogens with zero attached hydrogens (tertiary/aromatic N) is 4. The molecule has 1 aliphatic rings. The maximum absolute atomic E-state index is 7.82. The van der Waals surface area contributed by atoms with Crippen LogP contribution in [-0.4, -0.2) is 32.1 Å². The van der Waals surface area contributed by atoms with Gasteiger partial charge in [-0.15, -0.1) is 0 Å². The van der Waals surface area contributed by atoms with Gasteiger partial charge in [-0.25, -0.2) is 0 Å². The highest BCUT2D eigenvalue weighted by Gasteiger charge is 2.32. The van der Waals surface area contributed by atoms with E-state index in [1.165, 1.54) is 69.7 Å². The first-order chi connectivity index (χ1) is 16.7. The number of nitrogens with one attached hydrogen (secondary N) is 1. The van der Waals surface area contributed by atoms with E-state index in [2.05, 4.69) is 47.1 Å². The molecule has 0 bridgehead atoms. The van der Waals surface area contributed by atoms with Gasteiger partial charge in [-0.3, -0.25) is 5.41 Å². The summed E-state index contributed by atoms with van der Waals surface area (Å²) in [7, 11) is 0. The molecule has 4 rings (SSSR count). The number of hydrogen-bond acceptors (Lipinski definition) is 4. The van der Waals surface area contributed by atoms with Crippen molar-refractivity contribution in [2.24, 2.45) is 5.73 Å². The van der Waals surface area contributed by atoms with Gasteiger partial charge in [0.2, 0.25) is 11.7 Å². The Morgan fingerprint density at radius 1 is 1.06 bits per heavy atom. The highest BCUT2D eigenvalue weighted by molar-refractivity contribution is 5.94. The molecule has 7 nitrogen and oxygen atoms in total. The molecule has 3 heterocycles. The van der Waals surface area contributed by atoms with Crippen LogP contribution in [0.1, 0.15) is 95.9 Å². The summed E-state index contributed by atoms with van der Waals surface area (Å²) in [6.45, 7) is 4.04. The van der Waals surface area contributed by atoms with Crippen molar-refractivity contribution in [2.45, 2.75) is 96.6 Å².